The van der Waals surface area contributed by atoms with Crippen molar-refractivity contribution in [3.05, 3.63) is 69.8 Å². The largest absolute Gasteiger partial charge is 0.497 e. The molecule has 0 unspecified atom stereocenters. The average molecular weight is 356 g/mol. The predicted octanol–water partition coefficient (Wildman–Crippen LogP) is 1.37. The number of nitrogens with one attached hydrogen (secondary N) is 2. The molecular weight excluding hydrogens is 340 g/mol. The number of nitro benzene ring substituents is 1. The van der Waals surface area contributed by atoms with E-state index in [1.54, 1.807) is 37.4 Å². The molecule has 26 heavy (non-hydrogen) atoms. The Hall–Kier alpha value is -3.75. The van der Waals surface area contributed by atoms with Crippen molar-refractivity contribution in [1.29, 1.82) is 0 Å². The first-order valence-corrected chi connectivity index (χ1v) is 7.49. The number of benzene rings is 2. The minimum Gasteiger partial charge on any atom is -0.497 e. The van der Waals surface area contributed by atoms with E-state index in [0.717, 1.165) is 11.8 Å². The number of para-hydroxylation sites is 1. The molecular formula is C17H16N4O5. The van der Waals surface area contributed by atoms with Crippen molar-refractivity contribution in [2.45, 2.75) is 6.54 Å². The van der Waals surface area contributed by atoms with Crippen LogP contribution in [0.1, 0.15) is 11.1 Å². The van der Waals surface area contributed by atoms with Gasteiger partial charge in [-0.15, -0.1) is 0 Å². The van der Waals surface area contributed by atoms with Crippen LogP contribution in [-0.4, -0.2) is 30.1 Å². The van der Waals surface area contributed by atoms with Crippen LogP contribution in [0.2, 0.25) is 0 Å². The molecule has 0 saturated carbocycles. The molecule has 134 valence electrons. The maximum Gasteiger partial charge on any atom is 0.329 e. The number of nitrogens with zero attached hydrogens (tertiary/aromatic N) is 2. The van der Waals surface area contributed by atoms with Crippen LogP contribution in [0.15, 0.2) is 53.6 Å². The molecule has 0 heterocycles. The second-order valence-electron chi connectivity index (χ2n) is 5.05. The maximum atomic E-state index is 11.7. The van der Waals surface area contributed by atoms with E-state index >= 15 is 0 Å². The normalized spacial score (nSPS) is 10.3. The minimum atomic E-state index is -0.978. The predicted molar refractivity (Wildman–Crippen MR) is 93.7 cm³/mol. The summed E-state index contributed by atoms with van der Waals surface area (Å²) in [4.78, 5) is 33.7. The molecule has 2 amide bonds. The number of hydrogen-bond acceptors (Lipinski definition) is 6. The first kappa shape index (κ1) is 18.6. The first-order chi connectivity index (χ1) is 12.5. The Balaban J connectivity index is 1.87. The lowest BCUT2D eigenvalue weighted by Gasteiger charge is -2.05. The number of carbonyl (C=O) groups is 2. The van der Waals surface area contributed by atoms with Gasteiger partial charge in [0.15, 0.2) is 0 Å². The molecule has 0 fully saturated rings. The van der Waals surface area contributed by atoms with Crippen LogP contribution >= 0.6 is 0 Å². The second-order valence-corrected chi connectivity index (χ2v) is 5.05. The molecule has 0 radical (unpaired) electrons. The van der Waals surface area contributed by atoms with Crippen molar-refractivity contribution in [1.82, 2.24) is 10.7 Å². The Morgan fingerprint density at radius 1 is 1.15 bits per heavy atom. The van der Waals surface area contributed by atoms with Crippen molar-refractivity contribution >= 4 is 23.7 Å². The Morgan fingerprint density at radius 3 is 2.50 bits per heavy atom. The van der Waals surface area contributed by atoms with Gasteiger partial charge in [0.05, 0.1) is 23.8 Å². The van der Waals surface area contributed by atoms with Crippen molar-refractivity contribution in [3.63, 3.8) is 0 Å². The standard InChI is InChI=1S/C17H16N4O5/c1-26-14-8-6-12(7-9-14)10-18-16(22)17(23)20-19-11-13-4-2-3-5-15(13)21(24)25/h2-9,11H,10H2,1H3,(H,18,22)(H,20,23)/b19-11-. The smallest absolute Gasteiger partial charge is 0.329 e. The lowest BCUT2D eigenvalue weighted by molar-refractivity contribution is -0.385. The fraction of sp³-hybridized carbons (Fsp3) is 0.118. The summed E-state index contributed by atoms with van der Waals surface area (Å²) >= 11 is 0. The van der Waals surface area contributed by atoms with E-state index in [0.29, 0.717) is 5.75 Å². The summed E-state index contributed by atoms with van der Waals surface area (Å²) < 4.78 is 5.03. The third-order valence-electron chi connectivity index (χ3n) is 3.32. The highest BCUT2D eigenvalue weighted by molar-refractivity contribution is 6.35. The maximum absolute atomic E-state index is 11.7. The Labute approximate surface area is 148 Å². The number of hydrogen-bond donors (Lipinski definition) is 2. The zero-order chi connectivity index (χ0) is 18.9. The lowest BCUT2D eigenvalue weighted by Crippen LogP contribution is -2.37. The molecule has 2 aromatic rings. The molecule has 0 aliphatic heterocycles. The Morgan fingerprint density at radius 2 is 1.85 bits per heavy atom. The van der Waals surface area contributed by atoms with Gasteiger partial charge in [0.1, 0.15) is 5.75 Å². The van der Waals surface area contributed by atoms with Crippen molar-refractivity contribution in [3.8, 4) is 5.75 Å². The highest BCUT2D eigenvalue weighted by Gasteiger charge is 2.13. The van der Waals surface area contributed by atoms with Gasteiger partial charge in [0.25, 0.3) is 5.69 Å². The van der Waals surface area contributed by atoms with E-state index in [9.17, 15) is 19.7 Å². The molecule has 2 N–H and O–H groups in total. The zero-order valence-corrected chi connectivity index (χ0v) is 13.8. The number of rotatable bonds is 6. The van der Waals surface area contributed by atoms with Gasteiger partial charge in [0, 0.05) is 12.6 Å². The highest BCUT2D eigenvalue weighted by Crippen LogP contribution is 2.15. The van der Waals surface area contributed by atoms with E-state index in [4.69, 9.17) is 4.74 Å². The van der Waals surface area contributed by atoms with E-state index < -0.39 is 16.7 Å². The number of methoxy groups -OCH3 is 1. The zero-order valence-electron chi connectivity index (χ0n) is 13.8. The van der Waals surface area contributed by atoms with Crippen LogP contribution in [-0.2, 0) is 16.1 Å². The van der Waals surface area contributed by atoms with Crippen molar-refractivity contribution in [2.24, 2.45) is 5.10 Å². The van der Waals surface area contributed by atoms with Crippen LogP contribution in [0.3, 0.4) is 0 Å². The van der Waals surface area contributed by atoms with Crippen molar-refractivity contribution < 1.29 is 19.2 Å². The molecule has 0 aromatic heterocycles. The molecule has 0 bridgehead atoms. The van der Waals surface area contributed by atoms with Crippen LogP contribution in [0.5, 0.6) is 5.75 Å². The van der Waals surface area contributed by atoms with E-state index in [1.807, 2.05) is 5.43 Å². The van der Waals surface area contributed by atoms with E-state index in [1.165, 1.54) is 18.2 Å². The van der Waals surface area contributed by atoms with Crippen LogP contribution in [0.25, 0.3) is 0 Å². The van der Waals surface area contributed by atoms with Gasteiger partial charge in [-0.05, 0) is 23.8 Å². The van der Waals surface area contributed by atoms with E-state index in [2.05, 4.69) is 10.4 Å². The summed E-state index contributed by atoms with van der Waals surface area (Å²) in [5.41, 5.74) is 2.86. The number of hydrazone groups is 1. The summed E-state index contributed by atoms with van der Waals surface area (Å²) in [6.07, 6.45) is 1.10. The summed E-state index contributed by atoms with van der Waals surface area (Å²) in [6, 6.07) is 12.9. The average Bonchev–Trinajstić information content (AvgIpc) is 2.66. The first-order valence-electron chi connectivity index (χ1n) is 7.49. The van der Waals surface area contributed by atoms with Crippen LogP contribution in [0.4, 0.5) is 5.69 Å². The number of nitro groups is 1. The molecule has 2 aromatic carbocycles. The Kier molecular flexibility index (Phi) is 6.38. The van der Waals surface area contributed by atoms with Gasteiger partial charge in [-0.3, -0.25) is 19.7 Å². The van der Waals surface area contributed by atoms with Gasteiger partial charge in [-0.1, -0.05) is 24.3 Å². The summed E-state index contributed by atoms with van der Waals surface area (Å²) in [5.74, 6) is -1.17. The topological polar surface area (TPSA) is 123 Å². The number of amides is 2. The molecule has 0 aliphatic rings. The molecule has 2 rings (SSSR count). The third kappa shape index (κ3) is 5.13. The second kappa shape index (κ2) is 8.92. The van der Waals surface area contributed by atoms with Crippen LogP contribution < -0.4 is 15.5 Å². The van der Waals surface area contributed by atoms with Gasteiger partial charge >= 0.3 is 11.8 Å². The van der Waals surface area contributed by atoms with Gasteiger partial charge in [-0.2, -0.15) is 5.10 Å². The fourth-order valence-corrected chi connectivity index (χ4v) is 1.98. The van der Waals surface area contributed by atoms with Gasteiger partial charge < -0.3 is 10.1 Å². The lowest BCUT2D eigenvalue weighted by atomic mass is 10.2. The van der Waals surface area contributed by atoms with E-state index in [-0.39, 0.29) is 17.8 Å². The quantitative estimate of drug-likeness (QED) is 0.350. The fourth-order valence-electron chi connectivity index (χ4n) is 1.98. The SMILES string of the molecule is COc1ccc(CNC(=O)C(=O)N/N=C\c2ccccc2[N+](=O)[O-])cc1. The molecule has 0 spiro atoms. The molecule has 0 aliphatic carbocycles. The molecule has 0 atom stereocenters. The number of ether oxygens (including phenoxy) is 1. The summed E-state index contributed by atoms with van der Waals surface area (Å²) in [7, 11) is 1.55. The minimum absolute atomic E-state index is 0.157. The number of carbonyl (C=O) groups excluding carboxylic acids is 2. The van der Waals surface area contributed by atoms with Crippen molar-refractivity contribution in [2.75, 3.05) is 7.11 Å². The summed E-state index contributed by atoms with van der Waals surface area (Å²) in [5, 5.41) is 16.9. The van der Waals surface area contributed by atoms with Crippen LogP contribution in [0, 0.1) is 10.1 Å². The van der Waals surface area contributed by atoms with Gasteiger partial charge in [-0.25, -0.2) is 5.43 Å². The molecule has 0 saturated heterocycles. The summed E-state index contributed by atoms with van der Waals surface area (Å²) in [6.45, 7) is 0.157. The molecule has 9 heteroatoms. The molecule has 9 nitrogen and oxygen atoms in total. The third-order valence-corrected chi connectivity index (χ3v) is 3.32. The highest BCUT2D eigenvalue weighted by atomic mass is 16.6. The Bertz CT molecular complexity index is 833. The monoisotopic (exact) mass is 356 g/mol. The van der Waals surface area contributed by atoms with Gasteiger partial charge in [0.2, 0.25) is 0 Å².